The van der Waals surface area contributed by atoms with E-state index in [2.05, 4.69) is 4.99 Å². The van der Waals surface area contributed by atoms with Gasteiger partial charge in [0.05, 0.1) is 26.5 Å². The summed E-state index contributed by atoms with van der Waals surface area (Å²) >= 11 is 0. The van der Waals surface area contributed by atoms with Crippen molar-refractivity contribution in [3.05, 3.63) is 42.0 Å². The quantitative estimate of drug-likeness (QED) is 0.829. The summed E-state index contributed by atoms with van der Waals surface area (Å²) in [4.78, 5) is 4.36. The lowest BCUT2D eigenvalue weighted by Gasteiger charge is -2.07. The van der Waals surface area contributed by atoms with Crippen molar-refractivity contribution < 1.29 is 19.3 Å². The van der Waals surface area contributed by atoms with Crippen molar-refractivity contribution in [2.45, 2.75) is 6.92 Å². The molecule has 0 spiro atoms. The third-order valence-corrected chi connectivity index (χ3v) is 3.02. The maximum atomic E-state index is 10.1. The lowest BCUT2D eigenvalue weighted by molar-refractivity contribution is 0.318. The van der Waals surface area contributed by atoms with Crippen LogP contribution in [-0.2, 0) is 0 Å². The lowest BCUT2D eigenvalue weighted by Crippen LogP contribution is -1.93. The minimum Gasteiger partial charge on any atom is -0.504 e. The normalized spacial score (nSPS) is 10.7. The van der Waals surface area contributed by atoms with E-state index >= 15 is 0 Å². The minimum absolute atomic E-state index is 0.0722. The molecule has 22 heavy (non-hydrogen) atoms. The molecule has 0 unspecified atom stereocenters. The first kappa shape index (κ1) is 15.7. The van der Waals surface area contributed by atoms with Crippen molar-refractivity contribution in [1.29, 1.82) is 0 Å². The van der Waals surface area contributed by atoms with Gasteiger partial charge in [-0.3, -0.25) is 4.99 Å². The molecule has 0 atom stereocenters. The molecule has 0 aromatic heterocycles. The van der Waals surface area contributed by atoms with Crippen LogP contribution in [0.25, 0.3) is 0 Å². The molecule has 5 heteroatoms. The van der Waals surface area contributed by atoms with Gasteiger partial charge in [-0.05, 0) is 19.1 Å². The van der Waals surface area contributed by atoms with Crippen LogP contribution in [0.2, 0.25) is 0 Å². The third kappa shape index (κ3) is 3.69. The van der Waals surface area contributed by atoms with E-state index in [-0.39, 0.29) is 5.75 Å². The first-order chi connectivity index (χ1) is 10.7. The summed E-state index contributed by atoms with van der Waals surface area (Å²) in [5, 5.41) is 10.1. The number of phenols is 1. The molecular weight excluding hydrogens is 282 g/mol. The van der Waals surface area contributed by atoms with Gasteiger partial charge in [-0.25, -0.2) is 0 Å². The molecule has 0 bridgehead atoms. The molecule has 2 rings (SSSR count). The fourth-order valence-corrected chi connectivity index (χ4v) is 1.93. The summed E-state index contributed by atoms with van der Waals surface area (Å²) in [7, 11) is 3.17. The molecule has 116 valence electrons. The number of nitrogens with zero attached hydrogens (tertiary/aromatic N) is 1. The van der Waals surface area contributed by atoms with Crippen molar-refractivity contribution >= 4 is 11.9 Å². The molecule has 0 fully saturated rings. The topological polar surface area (TPSA) is 60.3 Å². The monoisotopic (exact) mass is 301 g/mol. The van der Waals surface area contributed by atoms with Gasteiger partial charge in [0, 0.05) is 30.0 Å². The van der Waals surface area contributed by atoms with Gasteiger partial charge in [0.2, 0.25) is 0 Å². The number of aromatic hydroxyl groups is 1. The van der Waals surface area contributed by atoms with Gasteiger partial charge in [0.25, 0.3) is 0 Å². The van der Waals surface area contributed by atoms with Gasteiger partial charge < -0.3 is 19.3 Å². The van der Waals surface area contributed by atoms with Crippen LogP contribution in [0.5, 0.6) is 23.0 Å². The van der Waals surface area contributed by atoms with E-state index in [1.807, 2.05) is 6.92 Å². The fourth-order valence-electron chi connectivity index (χ4n) is 1.93. The second-order valence-corrected chi connectivity index (χ2v) is 4.46. The van der Waals surface area contributed by atoms with Crippen LogP contribution in [-0.4, -0.2) is 32.1 Å². The second-order valence-electron chi connectivity index (χ2n) is 4.46. The Kier molecular flexibility index (Phi) is 5.25. The predicted octanol–water partition coefficient (Wildman–Crippen LogP) is 3.56. The number of hydrogen-bond acceptors (Lipinski definition) is 5. The summed E-state index contributed by atoms with van der Waals surface area (Å²) in [5.74, 6) is 1.82. The number of rotatable bonds is 6. The number of benzene rings is 2. The van der Waals surface area contributed by atoms with E-state index in [0.29, 0.717) is 35.1 Å². The third-order valence-electron chi connectivity index (χ3n) is 3.02. The largest absolute Gasteiger partial charge is 0.504 e. The van der Waals surface area contributed by atoms with E-state index in [1.54, 1.807) is 56.8 Å². The minimum atomic E-state index is 0.0722. The van der Waals surface area contributed by atoms with Gasteiger partial charge in [-0.15, -0.1) is 0 Å². The highest BCUT2D eigenvalue weighted by atomic mass is 16.5. The van der Waals surface area contributed by atoms with E-state index in [9.17, 15) is 5.11 Å². The van der Waals surface area contributed by atoms with Gasteiger partial charge >= 0.3 is 0 Å². The Hall–Kier alpha value is -2.69. The average molecular weight is 301 g/mol. The fraction of sp³-hybridized carbons (Fsp3) is 0.235. The van der Waals surface area contributed by atoms with Gasteiger partial charge in [-0.1, -0.05) is 6.07 Å². The van der Waals surface area contributed by atoms with Crippen molar-refractivity contribution in [3.8, 4) is 23.0 Å². The Bertz CT molecular complexity index is 645. The predicted molar refractivity (Wildman–Crippen MR) is 86.1 cm³/mol. The molecule has 0 aliphatic heterocycles. The van der Waals surface area contributed by atoms with Crippen molar-refractivity contribution in [1.82, 2.24) is 0 Å². The molecule has 0 radical (unpaired) electrons. The smallest absolute Gasteiger partial charge is 0.166 e. The zero-order chi connectivity index (χ0) is 15.9. The average Bonchev–Trinajstić information content (AvgIpc) is 2.55. The summed E-state index contributed by atoms with van der Waals surface area (Å²) in [6.45, 7) is 2.35. The highest BCUT2D eigenvalue weighted by Gasteiger charge is 2.06. The molecule has 5 nitrogen and oxygen atoms in total. The van der Waals surface area contributed by atoms with Crippen LogP contribution in [0.3, 0.4) is 0 Å². The molecule has 0 heterocycles. The van der Waals surface area contributed by atoms with E-state index < -0.39 is 0 Å². The molecule has 0 amide bonds. The van der Waals surface area contributed by atoms with Crippen LogP contribution in [0.1, 0.15) is 12.5 Å². The Morgan fingerprint density at radius 1 is 1.09 bits per heavy atom. The first-order valence-corrected chi connectivity index (χ1v) is 6.89. The number of hydrogen-bond donors (Lipinski definition) is 1. The molecular formula is C17H19NO4. The number of aliphatic imine (C=N–C) groups is 1. The standard InChI is InChI=1S/C17H19NO4/c1-4-22-16-7-5-6-12(17(16)19)11-18-13-8-14(20-2)10-15(9-13)21-3/h5-11,19H,4H2,1-3H3. The lowest BCUT2D eigenvalue weighted by atomic mass is 10.2. The Balaban J connectivity index is 2.30. The first-order valence-electron chi connectivity index (χ1n) is 6.89. The SMILES string of the molecule is CCOc1cccc(C=Nc2cc(OC)cc(OC)c2)c1O. The highest BCUT2D eigenvalue weighted by Crippen LogP contribution is 2.30. The van der Waals surface area contributed by atoms with E-state index in [1.165, 1.54) is 0 Å². The Morgan fingerprint density at radius 3 is 2.36 bits per heavy atom. The molecule has 0 saturated heterocycles. The number of para-hydroxylation sites is 1. The second kappa shape index (κ2) is 7.36. The van der Waals surface area contributed by atoms with Crippen LogP contribution >= 0.6 is 0 Å². The molecule has 0 saturated carbocycles. The van der Waals surface area contributed by atoms with Crippen LogP contribution in [0.4, 0.5) is 5.69 Å². The number of ether oxygens (including phenoxy) is 3. The summed E-state index contributed by atoms with van der Waals surface area (Å²) in [5.41, 5.74) is 1.24. The summed E-state index contributed by atoms with van der Waals surface area (Å²) in [6.07, 6.45) is 1.58. The van der Waals surface area contributed by atoms with Gasteiger partial charge in [-0.2, -0.15) is 0 Å². The maximum Gasteiger partial charge on any atom is 0.166 e. The zero-order valence-corrected chi connectivity index (χ0v) is 12.9. The molecule has 2 aromatic carbocycles. The van der Waals surface area contributed by atoms with Crippen molar-refractivity contribution in [2.75, 3.05) is 20.8 Å². The zero-order valence-electron chi connectivity index (χ0n) is 12.9. The molecule has 2 aromatic rings. The number of methoxy groups -OCH3 is 2. The van der Waals surface area contributed by atoms with Crippen LogP contribution < -0.4 is 14.2 Å². The highest BCUT2D eigenvalue weighted by molar-refractivity contribution is 5.86. The maximum absolute atomic E-state index is 10.1. The van der Waals surface area contributed by atoms with Crippen LogP contribution in [0.15, 0.2) is 41.4 Å². The summed E-state index contributed by atoms with van der Waals surface area (Å²) in [6, 6.07) is 10.6. The van der Waals surface area contributed by atoms with E-state index in [0.717, 1.165) is 0 Å². The van der Waals surface area contributed by atoms with Crippen LogP contribution in [0, 0.1) is 0 Å². The Morgan fingerprint density at radius 2 is 1.77 bits per heavy atom. The molecule has 0 aliphatic carbocycles. The summed E-state index contributed by atoms with van der Waals surface area (Å²) < 4.78 is 15.8. The van der Waals surface area contributed by atoms with Crippen molar-refractivity contribution in [3.63, 3.8) is 0 Å². The molecule has 0 aliphatic rings. The molecule has 1 N–H and O–H groups in total. The van der Waals surface area contributed by atoms with Gasteiger partial charge in [0.15, 0.2) is 11.5 Å². The van der Waals surface area contributed by atoms with E-state index in [4.69, 9.17) is 14.2 Å². The van der Waals surface area contributed by atoms with Crippen molar-refractivity contribution in [2.24, 2.45) is 4.99 Å². The number of phenolic OH excluding ortho intramolecular Hbond substituents is 1. The Labute approximate surface area is 129 Å². The van der Waals surface area contributed by atoms with Gasteiger partial charge in [0.1, 0.15) is 11.5 Å².